The van der Waals surface area contributed by atoms with Gasteiger partial charge in [-0.25, -0.2) is 4.98 Å². The van der Waals surface area contributed by atoms with E-state index in [1.54, 1.807) is 11.3 Å². The third-order valence-corrected chi connectivity index (χ3v) is 4.10. The van der Waals surface area contributed by atoms with Crippen LogP contribution in [0.15, 0.2) is 22.1 Å². The normalized spacial score (nSPS) is 11.3. The van der Waals surface area contributed by atoms with Crippen LogP contribution in [0.5, 0.6) is 0 Å². The van der Waals surface area contributed by atoms with Crippen LogP contribution in [0.1, 0.15) is 19.7 Å². The van der Waals surface area contributed by atoms with E-state index in [1.165, 1.54) is 4.88 Å². The summed E-state index contributed by atoms with van der Waals surface area (Å²) in [6.45, 7) is 5.26. The van der Waals surface area contributed by atoms with Gasteiger partial charge in [0.1, 0.15) is 5.82 Å². The number of aromatic nitrogens is 2. The number of imidazole rings is 1. The van der Waals surface area contributed by atoms with Crippen molar-refractivity contribution in [2.24, 2.45) is 0 Å². The molecule has 5 heteroatoms. The first-order chi connectivity index (χ1) is 8.15. The van der Waals surface area contributed by atoms with E-state index in [1.807, 2.05) is 6.20 Å². The first kappa shape index (κ1) is 12.8. The zero-order valence-electron chi connectivity index (χ0n) is 9.96. The van der Waals surface area contributed by atoms with Gasteiger partial charge in [-0.3, -0.25) is 0 Å². The Hall–Kier alpha value is -0.650. The quantitative estimate of drug-likeness (QED) is 0.887. The third-order valence-electron chi connectivity index (χ3n) is 2.38. The van der Waals surface area contributed by atoms with E-state index in [9.17, 15) is 0 Å². The van der Waals surface area contributed by atoms with E-state index in [0.717, 1.165) is 29.0 Å². The lowest BCUT2D eigenvalue weighted by molar-refractivity contribution is 0.584. The van der Waals surface area contributed by atoms with Crippen molar-refractivity contribution in [1.29, 1.82) is 0 Å². The minimum absolute atomic E-state index is 0.526. The SMILES string of the molecule is CC(C)NCCc1ncc(-c2cc(Br)cs2)[nH]1. The molecular formula is C12H16BrN3S. The molecule has 0 aliphatic rings. The second kappa shape index (κ2) is 5.80. The van der Waals surface area contributed by atoms with Crippen LogP contribution in [-0.4, -0.2) is 22.6 Å². The van der Waals surface area contributed by atoms with Gasteiger partial charge in [0.05, 0.1) is 16.8 Å². The molecule has 0 aliphatic heterocycles. The number of nitrogens with one attached hydrogen (secondary N) is 2. The fraction of sp³-hybridized carbons (Fsp3) is 0.417. The molecule has 0 aliphatic carbocycles. The Kier molecular flexibility index (Phi) is 4.36. The Labute approximate surface area is 114 Å². The summed E-state index contributed by atoms with van der Waals surface area (Å²) in [5.41, 5.74) is 1.10. The van der Waals surface area contributed by atoms with Crippen molar-refractivity contribution >= 4 is 27.3 Å². The van der Waals surface area contributed by atoms with Gasteiger partial charge in [0, 0.05) is 28.9 Å². The van der Waals surface area contributed by atoms with Crippen molar-refractivity contribution in [3.05, 3.63) is 27.9 Å². The lowest BCUT2D eigenvalue weighted by Crippen LogP contribution is -2.25. The number of hydrogen-bond acceptors (Lipinski definition) is 3. The van der Waals surface area contributed by atoms with Crippen molar-refractivity contribution < 1.29 is 0 Å². The monoisotopic (exact) mass is 313 g/mol. The number of hydrogen-bond donors (Lipinski definition) is 2. The molecule has 0 spiro atoms. The maximum Gasteiger partial charge on any atom is 0.107 e. The first-order valence-corrected chi connectivity index (χ1v) is 7.34. The van der Waals surface area contributed by atoms with E-state index in [2.05, 4.69) is 56.5 Å². The highest BCUT2D eigenvalue weighted by Gasteiger charge is 2.05. The standard InChI is InChI=1S/C12H16BrN3S/c1-8(2)14-4-3-12-15-6-10(16-12)11-5-9(13)7-17-11/h5-8,14H,3-4H2,1-2H3,(H,15,16). The summed E-state index contributed by atoms with van der Waals surface area (Å²) in [4.78, 5) is 8.96. The summed E-state index contributed by atoms with van der Waals surface area (Å²) in [7, 11) is 0. The van der Waals surface area contributed by atoms with Crippen LogP contribution >= 0.6 is 27.3 Å². The molecule has 3 nitrogen and oxygen atoms in total. The number of halogens is 1. The molecule has 92 valence electrons. The van der Waals surface area contributed by atoms with Crippen LogP contribution in [0.3, 0.4) is 0 Å². The summed E-state index contributed by atoms with van der Waals surface area (Å²) in [5.74, 6) is 1.04. The molecule has 2 heterocycles. The number of aromatic amines is 1. The second-order valence-corrected chi connectivity index (χ2v) is 6.06. The maximum atomic E-state index is 4.39. The summed E-state index contributed by atoms with van der Waals surface area (Å²) in [5, 5.41) is 5.46. The molecule has 0 amide bonds. The van der Waals surface area contributed by atoms with E-state index in [0.29, 0.717) is 6.04 Å². The van der Waals surface area contributed by atoms with E-state index in [4.69, 9.17) is 0 Å². The van der Waals surface area contributed by atoms with E-state index < -0.39 is 0 Å². The Morgan fingerprint density at radius 1 is 1.53 bits per heavy atom. The Balaban J connectivity index is 1.96. The topological polar surface area (TPSA) is 40.7 Å². The first-order valence-electron chi connectivity index (χ1n) is 5.67. The van der Waals surface area contributed by atoms with Gasteiger partial charge in [0.25, 0.3) is 0 Å². The van der Waals surface area contributed by atoms with Gasteiger partial charge in [0.15, 0.2) is 0 Å². The molecule has 0 saturated carbocycles. The van der Waals surface area contributed by atoms with Crippen molar-refractivity contribution in [2.75, 3.05) is 6.54 Å². The molecule has 0 fully saturated rings. The van der Waals surface area contributed by atoms with Gasteiger partial charge >= 0.3 is 0 Å². The molecule has 2 aromatic heterocycles. The third kappa shape index (κ3) is 3.66. The van der Waals surface area contributed by atoms with Crippen LogP contribution < -0.4 is 5.32 Å². The average Bonchev–Trinajstić information content (AvgIpc) is 2.86. The van der Waals surface area contributed by atoms with Crippen LogP contribution in [0, 0.1) is 0 Å². The number of rotatable bonds is 5. The predicted octanol–water partition coefficient (Wildman–Crippen LogP) is 3.44. The summed E-state index contributed by atoms with van der Waals surface area (Å²) >= 11 is 5.17. The van der Waals surface area contributed by atoms with Crippen LogP contribution in [0.4, 0.5) is 0 Å². The van der Waals surface area contributed by atoms with E-state index >= 15 is 0 Å². The van der Waals surface area contributed by atoms with E-state index in [-0.39, 0.29) is 0 Å². The fourth-order valence-electron chi connectivity index (χ4n) is 1.55. The zero-order valence-corrected chi connectivity index (χ0v) is 12.4. The second-order valence-electron chi connectivity index (χ2n) is 4.23. The minimum Gasteiger partial charge on any atom is -0.341 e. The highest BCUT2D eigenvalue weighted by atomic mass is 79.9. The Bertz CT molecular complexity index is 476. The molecule has 0 atom stereocenters. The van der Waals surface area contributed by atoms with Crippen LogP contribution in [0.25, 0.3) is 10.6 Å². The molecule has 0 unspecified atom stereocenters. The van der Waals surface area contributed by atoms with Gasteiger partial charge in [-0.2, -0.15) is 0 Å². The smallest absolute Gasteiger partial charge is 0.107 e. The predicted molar refractivity (Wildman–Crippen MR) is 76.4 cm³/mol. The summed E-state index contributed by atoms with van der Waals surface area (Å²) in [6.07, 6.45) is 2.84. The van der Waals surface area contributed by atoms with Crippen molar-refractivity contribution in [1.82, 2.24) is 15.3 Å². The lowest BCUT2D eigenvalue weighted by Gasteiger charge is -2.05. The molecule has 0 saturated heterocycles. The molecule has 0 aromatic carbocycles. The van der Waals surface area contributed by atoms with Gasteiger partial charge in [-0.1, -0.05) is 13.8 Å². The largest absolute Gasteiger partial charge is 0.341 e. The molecule has 0 bridgehead atoms. The highest BCUT2D eigenvalue weighted by Crippen LogP contribution is 2.28. The van der Waals surface area contributed by atoms with Gasteiger partial charge in [-0.05, 0) is 22.0 Å². The van der Waals surface area contributed by atoms with Crippen molar-refractivity contribution in [3.8, 4) is 10.6 Å². The molecule has 0 radical (unpaired) electrons. The molecular weight excluding hydrogens is 298 g/mol. The maximum absolute atomic E-state index is 4.39. The van der Waals surface area contributed by atoms with Crippen LogP contribution in [0.2, 0.25) is 0 Å². The van der Waals surface area contributed by atoms with Crippen LogP contribution in [-0.2, 0) is 6.42 Å². The molecule has 2 rings (SSSR count). The number of H-pyrrole nitrogens is 1. The number of thiophene rings is 1. The summed E-state index contributed by atoms with van der Waals surface area (Å²) < 4.78 is 1.12. The zero-order chi connectivity index (χ0) is 12.3. The van der Waals surface area contributed by atoms with Gasteiger partial charge in [-0.15, -0.1) is 11.3 Å². The highest BCUT2D eigenvalue weighted by molar-refractivity contribution is 9.10. The molecule has 17 heavy (non-hydrogen) atoms. The summed E-state index contributed by atoms with van der Waals surface area (Å²) in [6, 6.07) is 2.63. The lowest BCUT2D eigenvalue weighted by atomic mass is 10.3. The molecule has 2 aromatic rings. The Morgan fingerprint density at radius 3 is 3.00 bits per heavy atom. The number of nitrogens with zero attached hydrogens (tertiary/aromatic N) is 1. The Morgan fingerprint density at radius 2 is 2.35 bits per heavy atom. The average molecular weight is 314 g/mol. The fourth-order valence-corrected chi connectivity index (χ4v) is 2.94. The molecule has 2 N–H and O–H groups in total. The van der Waals surface area contributed by atoms with Gasteiger partial charge in [0.2, 0.25) is 0 Å². The van der Waals surface area contributed by atoms with Gasteiger partial charge < -0.3 is 10.3 Å². The van der Waals surface area contributed by atoms with Crippen molar-refractivity contribution in [2.45, 2.75) is 26.3 Å². The van der Waals surface area contributed by atoms with Crippen molar-refractivity contribution in [3.63, 3.8) is 0 Å². The minimum atomic E-state index is 0.526.